The molecule has 0 saturated carbocycles. The number of hydrogen-bond donors (Lipinski definition) is 0. The SMILES string of the molecule is CC1C=Cc2cc(-c3nc(-c4ccccc4)nc(-n4c5ccccc5c5cc6ccccc6cc54)n3)c3c(oc4ccccc43)c2C1. The molecule has 6 aromatic carbocycles. The molecular formula is C42H28N4O. The third-order valence-corrected chi connectivity index (χ3v) is 9.55. The molecule has 0 spiro atoms. The number of furan rings is 1. The number of fused-ring (bicyclic) bond motifs is 9. The third-order valence-electron chi connectivity index (χ3n) is 9.55. The van der Waals surface area contributed by atoms with Gasteiger partial charge in [0.2, 0.25) is 5.95 Å². The predicted octanol–water partition coefficient (Wildman–Crippen LogP) is 10.6. The standard InChI is InChI=1S/C42H28N4O/c1-25-19-20-29-23-34(38-31-16-8-10-18-37(31)47-39(38)32(29)21-25)41-43-40(26-11-3-2-4-12-26)44-42(45-41)46-35-17-9-7-15-30(35)33-22-27-13-5-6-14-28(27)24-36(33)46/h2-20,22-25H,21H2,1H3. The molecule has 0 aliphatic heterocycles. The highest BCUT2D eigenvalue weighted by atomic mass is 16.3. The lowest BCUT2D eigenvalue weighted by molar-refractivity contribution is 0.647. The minimum Gasteiger partial charge on any atom is -0.456 e. The zero-order valence-electron chi connectivity index (χ0n) is 25.7. The predicted molar refractivity (Wildman–Crippen MR) is 192 cm³/mol. The number of allylic oxidation sites excluding steroid dienone is 1. The highest BCUT2D eigenvalue weighted by molar-refractivity contribution is 6.15. The Balaban J connectivity index is 1.33. The maximum Gasteiger partial charge on any atom is 0.238 e. The molecule has 222 valence electrons. The lowest BCUT2D eigenvalue weighted by Crippen LogP contribution is -2.08. The van der Waals surface area contributed by atoms with Gasteiger partial charge in [0.15, 0.2) is 11.6 Å². The molecule has 1 aliphatic carbocycles. The van der Waals surface area contributed by atoms with E-state index >= 15 is 0 Å². The van der Waals surface area contributed by atoms with Crippen LogP contribution >= 0.6 is 0 Å². The summed E-state index contributed by atoms with van der Waals surface area (Å²) in [6.07, 6.45) is 5.42. The zero-order valence-corrected chi connectivity index (χ0v) is 25.7. The Labute approximate surface area is 270 Å². The van der Waals surface area contributed by atoms with Crippen LogP contribution in [0.15, 0.2) is 132 Å². The van der Waals surface area contributed by atoms with Gasteiger partial charge in [0.25, 0.3) is 0 Å². The molecule has 5 nitrogen and oxygen atoms in total. The van der Waals surface area contributed by atoms with Crippen molar-refractivity contribution in [3.63, 3.8) is 0 Å². The lowest BCUT2D eigenvalue weighted by atomic mass is 9.87. The molecule has 1 atom stereocenters. The van der Waals surface area contributed by atoms with Crippen molar-refractivity contribution in [1.82, 2.24) is 19.5 Å². The van der Waals surface area contributed by atoms with Crippen molar-refractivity contribution in [2.75, 3.05) is 0 Å². The quantitative estimate of drug-likeness (QED) is 0.201. The van der Waals surface area contributed by atoms with Crippen molar-refractivity contribution in [3.05, 3.63) is 139 Å². The fraction of sp³-hybridized carbons (Fsp3) is 0.0714. The second kappa shape index (κ2) is 9.96. The Morgan fingerprint density at radius 2 is 1.38 bits per heavy atom. The molecule has 47 heavy (non-hydrogen) atoms. The average Bonchev–Trinajstić information content (AvgIpc) is 3.67. The molecule has 5 heteroatoms. The molecule has 0 N–H and O–H groups in total. The van der Waals surface area contributed by atoms with E-state index in [1.807, 2.05) is 30.3 Å². The molecular weight excluding hydrogens is 576 g/mol. The van der Waals surface area contributed by atoms with E-state index in [-0.39, 0.29) is 0 Å². The minimum absolute atomic E-state index is 0.435. The van der Waals surface area contributed by atoms with Gasteiger partial charge in [-0.05, 0) is 59.0 Å². The van der Waals surface area contributed by atoms with Crippen LogP contribution in [0.3, 0.4) is 0 Å². The fourth-order valence-electron chi connectivity index (χ4n) is 7.34. The van der Waals surface area contributed by atoms with Gasteiger partial charge in [-0.15, -0.1) is 0 Å². The van der Waals surface area contributed by atoms with Crippen LogP contribution in [0.5, 0.6) is 0 Å². The maximum absolute atomic E-state index is 6.62. The minimum atomic E-state index is 0.435. The van der Waals surface area contributed by atoms with Crippen LogP contribution in [-0.2, 0) is 6.42 Å². The number of hydrogen-bond acceptors (Lipinski definition) is 4. The van der Waals surface area contributed by atoms with Crippen LogP contribution in [0.4, 0.5) is 0 Å². The smallest absolute Gasteiger partial charge is 0.238 e. The topological polar surface area (TPSA) is 56.7 Å². The second-order valence-electron chi connectivity index (χ2n) is 12.6. The van der Waals surface area contributed by atoms with E-state index in [9.17, 15) is 0 Å². The van der Waals surface area contributed by atoms with E-state index < -0.39 is 0 Å². The first-order valence-electron chi connectivity index (χ1n) is 16.1. The van der Waals surface area contributed by atoms with E-state index in [0.717, 1.165) is 61.5 Å². The van der Waals surface area contributed by atoms with Gasteiger partial charge in [-0.2, -0.15) is 9.97 Å². The molecule has 1 unspecified atom stereocenters. The van der Waals surface area contributed by atoms with Crippen molar-refractivity contribution in [2.45, 2.75) is 13.3 Å². The number of rotatable bonds is 3. The largest absolute Gasteiger partial charge is 0.456 e. The Kier molecular flexibility index (Phi) is 5.55. The highest BCUT2D eigenvalue weighted by Crippen LogP contribution is 2.42. The van der Waals surface area contributed by atoms with Crippen LogP contribution in [-0.4, -0.2) is 19.5 Å². The number of benzene rings is 6. The molecule has 3 aromatic heterocycles. The van der Waals surface area contributed by atoms with Gasteiger partial charge in [0, 0.05) is 38.2 Å². The van der Waals surface area contributed by atoms with E-state index in [2.05, 4.69) is 115 Å². The Hall–Kier alpha value is -6.07. The summed E-state index contributed by atoms with van der Waals surface area (Å²) in [5, 5.41) is 6.81. The molecule has 0 radical (unpaired) electrons. The van der Waals surface area contributed by atoms with Crippen molar-refractivity contribution < 1.29 is 4.42 Å². The summed E-state index contributed by atoms with van der Waals surface area (Å²) in [6.45, 7) is 2.25. The van der Waals surface area contributed by atoms with Gasteiger partial charge < -0.3 is 4.42 Å². The van der Waals surface area contributed by atoms with Crippen molar-refractivity contribution in [3.8, 4) is 28.7 Å². The summed E-state index contributed by atoms with van der Waals surface area (Å²) >= 11 is 0. The lowest BCUT2D eigenvalue weighted by Gasteiger charge is -2.18. The van der Waals surface area contributed by atoms with E-state index in [1.165, 1.54) is 21.7 Å². The van der Waals surface area contributed by atoms with Gasteiger partial charge in [0.05, 0.1) is 11.0 Å². The number of para-hydroxylation sites is 2. The Bertz CT molecular complexity index is 2730. The summed E-state index contributed by atoms with van der Waals surface area (Å²) in [6, 6.07) is 42.2. The number of aromatic nitrogens is 4. The molecule has 0 fully saturated rings. The monoisotopic (exact) mass is 604 g/mol. The maximum atomic E-state index is 6.62. The average molecular weight is 605 g/mol. The van der Waals surface area contributed by atoms with Gasteiger partial charge in [-0.3, -0.25) is 4.57 Å². The van der Waals surface area contributed by atoms with Crippen molar-refractivity contribution >= 4 is 60.6 Å². The zero-order chi connectivity index (χ0) is 31.1. The Morgan fingerprint density at radius 3 is 2.26 bits per heavy atom. The summed E-state index contributed by atoms with van der Waals surface area (Å²) in [7, 11) is 0. The second-order valence-corrected chi connectivity index (χ2v) is 12.6. The van der Waals surface area contributed by atoms with Gasteiger partial charge in [0.1, 0.15) is 11.2 Å². The van der Waals surface area contributed by atoms with Gasteiger partial charge in [-0.25, -0.2) is 4.98 Å². The molecule has 9 aromatic rings. The Morgan fingerprint density at radius 1 is 0.660 bits per heavy atom. The van der Waals surface area contributed by atoms with E-state index in [4.69, 9.17) is 19.4 Å². The van der Waals surface area contributed by atoms with E-state index in [0.29, 0.717) is 23.5 Å². The molecule has 0 amide bonds. The first-order chi connectivity index (χ1) is 23.2. The van der Waals surface area contributed by atoms with Crippen LogP contribution < -0.4 is 0 Å². The summed E-state index contributed by atoms with van der Waals surface area (Å²) in [5.41, 5.74) is 8.15. The van der Waals surface area contributed by atoms with E-state index in [1.54, 1.807) is 0 Å². The normalized spacial score (nSPS) is 14.5. The van der Waals surface area contributed by atoms with Crippen LogP contribution in [0.2, 0.25) is 0 Å². The third kappa shape index (κ3) is 3.99. The number of nitrogens with zero attached hydrogens (tertiary/aromatic N) is 4. The van der Waals surface area contributed by atoms with Gasteiger partial charge in [-0.1, -0.05) is 110 Å². The molecule has 10 rings (SSSR count). The molecule has 0 bridgehead atoms. The van der Waals surface area contributed by atoms with Crippen molar-refractivity contribution in [2.24, 2.45) is 5.92 Å². The molecule has 0 saturated heterocycles. The van der Waals surface area contributed by atoms with Crippen LogP contribution in [0, 0.1) is 5.92 Å². The first-order valence-corrected chi connectivity index (χ1v) is 16.1. The summed E-state index contributed by atoms with van der Waals surface area (Å²) < 4.78 is 8.82. The van der Waals surface area contributed by atoms with Crippen LogP contribution in [0.25, 0.3) is 89.3 Å². The summed E-state index contributed by atoms with van der Waals surface area (Å²) in [4.78, 5) is 15.7. The molecule has 1 aliphatic rings. The highest BCUT2D eigenvalue weighted by Gasteiger charge is 2.25. The van der Waals surface area contributed by atoms with Crippen molar-refractivity contribution in [1.29, 1.82) is 0 Å². The van der Waals surface area contributed by atoms with Gasteiger partial charge >= 0.3 is 0 Å². The molecule has 3 heterocycles. The summed E-state index contributed by atoms with van der Waals surface area (Å²) in [5.74, 6) is 2.26. The fourth-order valence-corrected chi connectivity index (χ4v) is 7.34. The van der Waals surface area contributed by atoms with Crippen LogP contribution in [0.1, 0.15) is 18.1 Å². The first kappa shape index (κ1) is 26.2.